The predicted molar refractivity (Wildman–Crippen MR) is 92.1 cm³/mol. The summed E-state index contributed by atoms with van der Waals surface area (Å²) in [7, 11) is 0. The van der Waals surface area contributed by atoms with Crippen molar-refractivity contribution >= 4 is 5.91 Å². The summed E-state index contributed by atoms with van der Waals surface area (Å²) in [6.07, 6.45) is 5.37. The summed E-state index contributed by atoms with van der Waals surface area (Å²) >= 11 is 0. The lowest BCUT2D eigenvalue weighted by Gasteiger charge is -2.12. The maximum absolute atomic E-state index is 13.5. The molecule has 7 heteroatoms. The van der Waals surface area contributed by atoms with Gasteiger partial charge in [0.15, 0.2) is 23.9 Å². The van der Waals surface area contributed by atoms with Crippen molar-refractivity contribution in [2.45, 2.75) is 26.0 Å². The first-order valence-electron chi connectivity index (χ1n) is 8.13. The molecule has 134 valence electrons. The van der Waals surface area contributed by atoms with Crippen LogP contribution in [0.15, 0.2) is 59.5 Å². The number of benzene rings is 1. The van der Waals surface area contributed by atoms with Gasteiger partial charge < -0.3 is 14.5 Å². The van der Waals surface area contributed by atoms with Crippen LogP contribution in [0.2, 0.25) is 0 Å². The second-order valence-corrected chi connectivity index (χ2v) is 5.79. The van der Waals surface area contributed by atoms with Gasteiger partial charge in [-0.15, -0.1) is 0 Å². The average molecular weight is 355 g/mol. The lowest BCUT2D eigenvalue weighted by atomic mass is 10.1. The number of aromatic nitrogens is 2. The quantitative estimate of drug-likeness (QED) is 0.704. The number of carbonyl (C=O) groups is 1. The number of halogens is 1. The molecule has 1 amide bonds. The molecule has 3 rings (SSSR count). The fourth-order valence-corrected chi connectivity index (χ4v) is 2.40. The molecule has 0 radical (unpaired) electrons. The minimum atomic E-state index is -0.471. The average Bonchev–Trinajstić information content (AvgIpc) is 3.11. The van der Waals surface area contributed by atoms with Gasteiger partial charge in [-0.1, -0.05) is 18.2 Å². The van der Waals surface area contributed by atoms with Crippen molar-refractivity contribution in [1.29, 1.82) is 0 Å². The molecule has 0 aliphatic rings. The first-order chi connectivity index (χ1) is 12.6. The number of nitrogens with one attached hydrogen (secondary N) is 1. The van der Waals surface area contributed by atoms with E-state index >= 15 is 0 Å². The van der Waals surface area contributed by atoms with Gasteiger partial charge in [-0.05, 0) is 37.1 Å². The number of para-hydroxylation sites is 1. The molecular formula is C19H18FN3O3. The van der Waals surface area contributed by atoms with Crippen molar-refractivity contribution in [3.05, 3.63) is 78.0 Å². The molecule has 3 aromatic rings. The summed E-state index contributed by atoms with van der Waals surface area (Å²) in [5.41, 5.74) is 1.18. The number of ether oxygens (including phenoxy) is 1. The second kappa shape index (κ2) is 8.24. The lowest BCUT2D eigenvalue weighted by molar-refractivity contribution is 0.0935. The van der Waals surface area contributed by atoms with Crippen molar-refractivity contribution < 1.29 is 18.3 Å². The fourth-order valence-electron chi connectivity index (χ4n) is 2.40. The summed E-state index contributed by atoms with van der Waals surface area (Å²) < 4.78 is 24.0. The number of oxazole rings is 1. The zero-order valence-corrected chi connectivity index (χ0v) is 14.2. The third-order valence-corrected chi connectivity index (χ3v) is 3.61. The van der Waals surface area contributed by atoms with E-state index in [0.29, 0.717) is 6.42 Å². The SMILES string of the molecule is C[C@H](Cc1cccnc1)NC(=O)c1coc(COc2ccccc2F)n1. The van der Waals surface area contributed by atoms with E-state index in [1.807, 2.05) is 19.1 Å². The van der Waals surface area contributed by atoms with Crippen LogP contribution in [0, 0.1) is 5.82 Å². The summed E-state index contributed by atoms with van der Waals surface area (Å²) in [5.74, 6) is -0.524. The number of nitrogens with zero attached hydrogens (tertiary/aromatic N) is 2. The van der Waals surface area contributed by atoms with E-state index in [4.69, 9.17) is 9.15 Å². The Morgan fingerprint density at radius 2 is 2.15 bits per heavy atom. The first kappa shape index (κ1) is 17.6. The Balaban J connectivity index is 1.53. The van der Waals surface area contributed by atoms with E-state index in [1.54, 1.807) is 24.5 Å². The van der Waals surface area contributed by atoms with Crippen molar-refractivity contribution in [2.75, 3.05) is 0 Å². The van der Waals surface area contributed by atoms with Gasteiger partial charge in [-0.2, -0.15) is 0 Å². The minimum Gasteiger partial charge on any atom is -0.481 e. The Morgan fingerprint density at radius 1 is 1.31 bits per heavy atom. The van der Waals surface area contributed by atoms with Crippen LogP contribution in [0.3, 0.4) is 0 Å². The fraction of sp³-hybridized carbons (Fsp3) is 0.211. The highest BCUT2D eigenvalue weighted by Crippen LogP contribution is 2.17. The van der Waals surface area contributed by atoms with E-state index in [1.165, 1.54) is 18.4 Å². The number of pyridine rings is 1. The zero-order valence-electron chi connectivity index (χ0n) is 14.2. The topological polar surface area (TPSA) is 77.2 Å². The molecule has 1 atom stereocenters. The van der Waals surface area contributed by atoms with Gasteiger partial charge in [0.1, 0.15) is 6.26 Å². The molecule has 0 spiro atoms. The molecule has 0 saturated heterocycles. The normalized spacial score (nSPS) is 11.8. The van der Waals surface area contributed by atoms with Crippen molar-refractivity contribution in [2.24, 2.45) is 0 Å². The number of hydrogen-bond acceptors (Lipinski definition) is 5. The molecule has 0 bridgehead atoms. The molecule has 0 saturated carbocycles. The Bertz CT molecular complexity index is 867. The highest BCUT2D eigenvalue weighted by atomic mass is 19.1. The van der Waals surface area contributed by atoms with Gasteiger partial charge in [-0.3, -0.25) is 9.78 Å². The summed E-state index contributed by atoms with van der Waals surface area (Å²) in [4.78, 5) is 20.4. The number of rotatable bonds is 7. The van der Waals surface area contributed by atoms with Gasteiger partial charge in [0, 0.05) is 18.4 Å². The molecule has 1 aromatic carbocycles. The van der Waals surface area contributed by atoms with Gasteiger partial charge in [0.2, 0.25) is 5.89 Å². The zero-order chi connectivity index (χ0) is 18.4. The van der Waals surface area contributed by atoms with Crippen LogP contribution in [0.25, 0.3) is 0 Å². The van der Waals surface area contributed by atoms with Crippen molar-refractivity contribution in [3.63, 3.8) is 0 Å². The summed E-state index contributed by atoms with van der Waals surface area (Å²) in [6.45, 7) is 1.83. The highest BCUT2D eigenvalue weighted by molar-refractivity contribution is 5.92. The van der Waals surface area contributed by atoms with Crippen molar-refractivity contribution in [1.82, 2.24) is 15.3 Å². The molecular weight excluding hydrogens is 337 g/mol. The monoisotopic (exact) mass is 355 g/mol. The van der Waals surface area contributed by atoms with E-state index in [2.05, 4.69) is 15.3 Å². The van der Waals surface area contributed by atoms with E-state index in [0.717, 1.165) is 5.56 Å². The minimum absolute atomic E-state index is 0.0700. The molecule has 0 unspecified atom stereocenters. The van der Waals surface area contributed by atoms with Crippen LogP contribution in [-0.2, 0) is 13.0 Å². The molecule has 2 aromatic heterocycles. The molecule has 2 heterocycles. The Hall–Kier alpha value is -3.22. The molecule has 26 heavy (non-hydrogen) atoms. The maximum atomic E-state index is 13.5. The third kappa shape index (κ3) is 4.66. The molecule has 0 aliphatic heterocycles. The molecule has 1 N–H and O–H groups in total. The van der Waals surface area contributed by atoms with Crippen LogP contribution in [0.5, 0.6) is 5.75 Å². The van der Waals surface area contributed by atoms with Crippen LogP contribution in [0.4, 0.5) is 4.39 Å². The highest BCUT2D eigenvalue weighted by Gasteiger charge is 2.15. The third-order valence-electron chi connectivity index (χ3n) is 3.61. The van der Waals surface area contributed by atoms with Crippen LogP contribution < -0.4 is 10.1 Å². The van der Waals surface area contributed by atoms with Crippen LogP contribution in [0.1, 0.15) is 28.9 Å². The first-order valence-corrected chi connectivity index (χ1v) is 8.13. The van der Waals surface area contributed by atoms with Crippen LogP contribution >= 0.6 is 0 Å². The van der Waals surface area contributed by atoms with E-state index < -0.39 is 5.82 Å². The Labute approximate surface area is 150 Å². The standard InChI is InChI=1S/C19H18FN3O3/c1-13(9-14-5-4-8-21-10-14)22-19(24)16-11-26-18(23-16)12-25-17-7-3-2-6-15(17)20/h2-8,10-11,13H,9,12H2,1H3,(H,22,24)/t13-/m1/s1. The number of carbonyl (C=O) groups excluding carboxylic acids is 1. The molecule has 0 fully saturated rings. The molecule has 0 aliphatic carbocycles. The van der Waals surface area contributed by atoms with Crippen molar-refractivity contribution in [3.8, 4) is 5.75 Å². The predicted octanol–water partition coefficient (Wildman–Crippen LogP) is 3.15. The van der Waals surface area contributed by atoms with E-state index in [-0.39, 0.29) is 35.9 Å². The Kier molecular flexibility index (Phi) is 5.58. The van der Waals surface area contributed by atoms with Crippen LogP contribution in [-0.4, -0.2) is 21.9 Å². The number of amides is 1. The van der Waals surface area contributed by atoms with Gasteiger partial charge in [0.05, 0.1) is 0 Å². The molecule has 6 nitrogen and oxygen atoms in total. The Morgan fingerprint density at radius 3 is 2.92 bits per heavy atom. The lowest BCUT2D eigenvalue weighted by Crippen LogP contribution is -2.34. The van der Waals surface area contributed by atoms with E-state index in [9.17, 15) is 9.18 Å². The largest absolute Gasteiger partial charge is 0.481 e. The van der Waals surface area contributed by atoms with Gasteiger partial charge in [0.25, 0.3) is 5.91 Å². The smallest absolute Gasteiger partial charge is 0.273 e. The summed E-state index contributed by atoms with van der Waals surface area (Å²) in [5, 5.41) is 2.85. The number of hydrogen-bond donors (Lipinski definition) is 1. The van der Waals surface area contributed by atoms with Gasteiger partial charge >= 0.3 is 0 Å². The second-order valence-electron chi connectivity index (χ2n) is 5.79. The van der Waals surface area contributed by atoms with Gasteiger partial charge in [-0.25, -0.2) is 9.37 Å². The summed E-state index contributed by atoms with van der Waals surface area (Å²) in [6, 6.07) is 9.74. The maximum Gasteiger partial charge on any atom is 0.273 e.